The lowest BCUT2D eigenvalue weighted by molar-refractivity contribution is 0.0928. The summed E-state index contributed by atoms with van der Waals surface area (Å²) in [5.74, 6) is 0.0995. The van der Waals surface area contributed by atoms with Crippen molar-refractivity contribution in [1.29, 1.82) is 0 Å². The zero-order valence-corrected chi connectivity index (χ0v) is 11.8. The van der Waals surface area contributed by atoms with Crippen molar-refractivity contribution in [1.82, 2.24) is 15.2 Å². The second-order valence-corrected chi connectivity index (χ2v) is 5.33. The number of likely N-dealkylation sites (N-methyl/N-ethyl adjacent to an activating group) is 1. The van der Waals surface area contributed by atoms with Crippen LogP contribution in [0.2, 0.25) is 5.15 Å². The first-order chi connectivity index (χ1) is 9.06. The molecule has 0 radical (unpaired) electrons. The molecular weight excluding hydrogens is 264 g/mol. The Hall–Kier alpha value is -1.33. The van der Waals surface area contributed by atoms with E-state index in [1.807, 2.05) is 0 Å². The predicted octanol–water partition coefficient (Wildman–Crippen LogP) is 1.53. The van der Waals surface area contributed by atoms with E-state index in [1.54, 1.807) is 0 Å². The maximum atomic E-state index is 12.0. The van der Waals surface area contributed by atoms with Gasteiger partial charge in [-0.05, 0) is 38.6 Å². The second kappa shape index (κ2) is 6.21. The minimum Gasteiger partial charge on any atom is -0.384 e. The van der Waals surface area contributed by atoms with Gasteiger partial charge in [-0.2, -0.15) is 0 Å². The number of hydrogen-bond acceptors (Lipinski definition) is 4. The number of aromatic nitrogens is 1. The Morgan fingerprint density at radius 1 is 1.58 bits per heavy atom. The molecule has 1 fully saturated rings. The van der Waals surface area contributed by atoms with Gasteiger partial charge in [-0.15, -0.1) is 0 Å². The topological polar surface area (TPSA) is 71.2 Å². The summed E-state index contributed by atoms with van der Waals surface area (Å²) >= 11 is 5.79. The standard InChI is InChI=1S/C13H19ClN4O/c1-18-5-3-2-4-10(18)8-16-13(19)9-6-11(14)17-12(15)7-9/h6-7,10H,2-5,8H2,1H3,(H2,15,17)(H,16,19). The van der Waals surface area contributed by atoms with Crippen LogP contribution < -0.4 is 11.1 Å². The second-order valence-electron chi connectivity index (χ2n) is 4.94. The summed E-state index contributed by atoms with van der Waals surface area (Å²) in [6.45, 7) is 1.74. The van der Waals surface area contributed by atoms with Gasteiger partial charge < -0.3 is 16.0 Å². The number of likely N-dealkylation sites (tertiary alicyclic amines) is 1. The Labute approximate surface area is 118 Å². The number of halogens is 1. The molecule has 5 nitrogen and oxygen atoms in total. The minimum absolute atomic E-state index is 0.157. The summed E-state index contributed by atoms with van der Waals surface area (Å²) in [5, 5.41) is 3.17. The molecule has 1 unspecified atom stereocenters. The van der Waals surface area contributed by atoms with Gasteiger partial charge in [0.15, 0.2) is 0 Å². The molecule has 1 aliphatic heterocycles. The van der Waals surface area contributed by atoms with E-state index in [2.05, 4.69) is 22.2 Å². The molecule has 2 rings (SSSR count). The quantitative estimate of drug-likeness (QED) is 0.825. The van der Waals surface area contributed by atoms with Crippen molar-refractivity contribution in [2.45, 2.75) is 25.3 Å². The van der Waals surface area contributed by atoms with Gasteiger partial charge in [-0.25, -0.2) is 4.98 Å². The average molecular weight is 283 g/mol. The third-order valence-electron chi connectivity index (χ3n) is 3.50. The number of amides is 1. The number of anilines is 1. The van der Waals surface area contributed by atoms with Gasteiger partial charge in [-0.1, -0.05) is 18.0 Å². The van der Waals surface area contributed by atoms with E-state index >= 15 is 0 Å². The van der Waals surface area contributed by atoms with Gasteiger partial charge in [0.25, 0.3) is 5.91 Å². The van der Waals surface area contributed by atoms with Crippen molar-refractivity contribution in [3.8, 4) is 0 Å². The summed E-state index contributed by atoms with van der Waals surface area (Å²) in [7, 11) is 2.09. The molecule has 1 atom stereocenters. The number of nitrogen functional groups attached to an aromatic ring is 1. The third kappa shape index (κ3) is 3.81. The Bertz CT molecular complexity index is 446. The monoisotopic (exact) mass is 282 g/mol. The fourth-order valence-corrected chi connectivity index (χ4v) is 2.58. The van der Waals surface area contributed by atoms with Gasteiger partial charge in [0, 0.05) is 18.2 Å². The smallest absolute Gasteiger partial charge is 0.251 e. The van der Waals surface area contributed by atoms with Gasteiger partial charge in [-0.3, -0.25) is 4.79 Å². The fraction of sp³-hybridized carbons (Fsp3) is 0.538. The van der Waals surface area contributed by atoms with Crippen LogP contribution in [0, 0.1) is 0 Å². The molecule has 0 aromatic carbocycles. The van der Waals surface area contributed by atoms with Crippen LogP contribution in [0.1, 0.15) is 29.6 Å². The highest BCUT2D eigenvalue weighted by atomic mass is 35.5. The van der Waals surface area contributed by atoms with Crippen LogP contribution in [-0.4, -0.2) is 42.0 Å². The Kier molecular flexibility index (Phi) is 4.61. The molecule has 2 heterocycles. The highest BCUT2D eigenvalue weighted by molar-refractivity contribution is 6.29. The van der Waals surface area contributed by atoms with Crippen LogP contribution in [0.15, 0.2) is 12.1 Å². The number of pyridine rings is 1. The molecule has 1 aliphatic rings. The van der Waals surface area contributed by atoms with E-state index < -0.39 is 0 Å². The molecule has 6 heteroatoms. The average Bonchev–Trinajstić information content (AvgIpc) is 2.36. The fourth-order valence-electron chi connectivity index (χ4n) is 2.36. The number of nitrogens with two attached hydrogens (primary N) is 1. The van der Waals surface area contributed by atoms with Crippen LogP contribution in [0.4, 0.5) is 5.82 Å². The number of carbonyl (C=O) groups excluding carboxylic acids is 1. The van der Waals surface area contributed by atoms with Crippen molar-refractivity contribution in [2.24, 2.45) is 0 Å². The minimum atomic E-state index is -0.157. The first-order valence-electron chi connectivity index (χ1n) is 6.48. The Morgan fingerprint density at radius 3 is 3.05 bits per heavy atom. The molecule has 19 heavy (non-hydrogen) atoms. The number of carbonyl (C=O) groups is 1. The number of hydrogen-bond donors (Lipinski definition) is 2. The van der Waals surface area contributed by atoms with E-state index in [9.17, 15) is 4.79 Å². The molecular formula is C13H19ClN4O. The summed E-state index contributed by atoms with van der Waals surface area (Å²) in [6, 6.07) is 3.47. The number of rotatable bonds is 3. The summed E-state index contributed by atoms with van der Waals surface area (Å²) in [4.78, 5) is 18.1. The lowest BCUT2D eigenvalue weighted by Crippen LogP contribution is -2.44. The van der Waals surface area contributed by atoms with Crippen molar-refractivity contribution in [2.75, 3.05) is 25.9 Å². The molecule has 0 spiro atoms. The van der Waals surface area contributed by atoms with Gasteiger partial charge >= 0.3 is 0 Å². The highest BCUT2D eigenvalue weighted by Crippen LogP contribution is 2.15. The van der Waals surface area contributed by atoms with Crippen LogP contribution in [0.3, 0.4) is 0 Å². The molecule has 0 bridgehead atoms. The molecule has 104 valence electrons. The van der Waals surface area contributed by atoms with Gasteiger partial charge in [0.2, 0.25) is 0 Å². The van der Waals surface area contributed by atoms with Crippen molar-refractivity contribution in [3.05, 3.63) is 22.8 Å². The molecule has 0 saturated carbocycles. The lowest BCUT2D eigenvalue weighted by Gasteiger charge is -2.32. The maximum Gasteiger partial charge on any atom is 0.251 e. The molecule has 1 amide bonds. The van der Waals surface area contributed by atoms with Crippen molar-refractivity contribution in [3.63, 3.8) is 0 Å². The van der Waals surface area contributed by atoms with E-state index in [-0.39, 0.29) is 16.9 Å². The van der Waals surface area contributed by atoms with Crippen LogP contribution in [0.5, 0.6) is 0 Å². The van der Waals surface area contributed by atoms with E-state index in [4.69, 9.17) is 17.3 Å². The van der Waals surface area contributed by atoms with Crippen molar-refractivity contribution >= 4 is 23.3 Å². The molecule has 3 N–H and O–H groups in total. The van der Waals surface area contributed by atoms with E-state index in [1.165, 1.54) is 25.0 Å². The third-order valence-corrected chi connectivity index (χ3v) is 3.69. The molecule has 0 aliphatic carbocycles. The molecule has 1 aromatic rings. The molecule has 1 saturated heterocycles. The Balaban J connectivity index is 1.93. The van der Waals surface area contributed by atoms with Crippen LogP contribution in [-0.2, 0) is 0 Å². The largest absolute Gasteiger partial charge is 0.384 e. The summed E-state index contributed by atoms with van der Waals surface area (Å²) in [6.07, 6.45) is 3.58. The number of nitrogens with one attached hydrogen (secondary N) is 1. The normalized spacial score (nSPS) is 20.2. The maximum absolute atomic E-state index is 12.0. The predicted molar refractivity (Wildman–Crippen MR) is 76.3 cm³/mol. The number of piperidine rings is 1. The van der Waals surface area contributed by atoms with Crippen LogP contribution in [0.25, 0.3) is 0 Å². The summed E-state index contributed by atoms with van der Waals surface area (Å²) < 4.78 is 0. The van der Waals surface area contributed by atoms with E-state index in [0.29, 0.717) is 18.2 Å². The lowest BCUT2D eigenvalue weighted by atomic mass is 10.0. The SMILES string of the molecule is CN1CCCCC1CNC(=O)c1cc(N)nc(Cl)c1. The van der Waals surface area contributed by atoms with Gasteiger partial charge in [0.05, 0.1) is 0 Å². The zero-order chi connectivity index (χ0) is 13.8. The first-order valence-corrected chi connectivity index (χ1v) is 6.85. The van der Waals surface area contributed by atoms with Crippen LogP contribution >= 0.6 is 11.6 Å². The van der Waals surface area contributed by atoms with Crippen molar-refractivity contribution < 1.29 is 4.79 Å². The number of nitrogens with zero attached hydrogens (tertiary/aromatic N) is 2. The highest BCUT2D eigenvalue weighted by Gasteiger charge is 2.19. The molecule has 1 aromatic heterocycles. The first kappa shape index (κ1) is 14.1. The van der Waals surface area contributed by atoms with Gasteiger partial charge in [0.1, 0.15) is 11.0 Å². The van der Waals surface area contributed by atoms with E-state index in [0.717, 1.165) is 13.0 Å². The zero-order valence-electron chi connectivity index (χ0n) is 11.0. The Morgan fingerprint density at radius 2 is 2.37 bits per heavy atom. The summed E-state index contributed by atoms with van der Waals surface area (Å²) in [5.41, 5.74) is 6.03.